The maximum Gasteiger partial charge on any atom is 0.312 e. The molecule has 0 aliphatic carbocycles. The van der Waals surface area contributed by atoms with Crippen LogP contribution >= 0.6 is 0 Å². The quantitative estimate of drug-likeness (QED) is 0.604. The van der Waals surface area contributed by atoms with Crippen LogP contribution in [-0.2, 0) is 6.54 Å². The summed E-state index contributed by atoms with van der Waals surface area (Å²) < 4.78 is 0. The van der Waals surface area contributed by atoms with E-state index in [4.69, 9.17) is 11.5 Å². The lowest BCUT2D eigenvalue weighted by Gasteiger charge is -2.26. The van der Waals surface area contributed by atoms with Crippen molar-refractivity contribution in [2.45, 2.75) is 38.8 Å². The van der Waals surface area contributed by atoms with E-state index in [1.807, 2.05) is 13.8 Å². The first kappa shape index (κ1) is 17.0. The third-order valence-electron chi connectivity index (χ3n) is 3.69. The molecule has 6 heteroatoms. The molecule has 0 spiro atoms. The number of nitrogens with two attached hydrogens (primary N) is 2. The number of nitrogens with one attached hydrogen (secondary N) is 2. The van der Waals surface area contributed by atoms with Gasteiger partial charge in [-0.05, 0) is 30.5 Å². The van der Waals surface area contributed by atoms with Gasteiger partial charge in [-0.2, -0.15) is 0 Å². The molecule has 0 atom stereocenters. The fourth-order valence-electron chi connectivity index (χ4n) is 1.82. The lowest BCUT2D eigenvalue weighted by atomic mass is 9.94. The summed E-state index contributed by atoms with van der Waals surface area (Å²) in [4.78, 5) is 22.7. The summed E-state index contributed by atoms with van der Waals surface area (Å²) in [5, 5.41) is 5.35. The monoisotopic (exact) mass is 292 g/mol. The molecule has 6 N–H and O–H groups in total. The van der Waals surface area contributed by atoms with Gasteiger partial charge in [-0.1, -0.05) is 26.0 Å². The highest BCUT2D eigenvalue weighted by Crippen LogP contribution is 2.10. The summed E-state index contributed by atoms with van der Waals surface area (Å²) >= 11 is 0. The predicted molar refractivity (Wildman–Crippen MR) is 82.7 cm³/mol. The predicted octanol–water partition coefficient (Wildman–Crippen LogP) is 1.10. The minimum absolute atomic E-state index is 0.152. The van der Waals surface area contributed by atoms with Crippen molar-refractivity contribution >= 4 is 11.9 Å². The van der Waals surface area contributed by atoms with Crippen molar-refractivity contribution in [2.75, 3.05) is 6.54 Å². The minimum atomic E-state index is -0.574. The maximum absolute atomic E-state index is 12.0. The number of amides is 3. The van der Waals surface area contributed by atoms with E-state index in [9.17, 15) is 9.59 Å². The zero-order valence-corrected chi connectivity index (χ0v) is 12.6. The summed E-state index contributed by atoms with van der Waals surface area (Å²) in [5.41, 5.74) is 12.2. The molecule has 3 amide bonds. The van der Waals surface area contributed by atoms with Crippen molar-refractivity contribution in [2.24, 2.45) is 11.5 Å². The van der Waals surface area contributed by atoms with Gasteiger partial charge in [0.2, 0.25) is 0 Å². The summed E-state index contributed by atoms with van der Waals surface area (Å²) in [7, 11) is 0. The Morgan fingerprint density at radius 2 is 1.67 bits per heavy atom. The molecule has 0 heterocycles. The van der Waals surface area contributed by atoms with Gasteiger partial charge in [0.05, 0.1) is 0 Å². The average molecular weight is 292 g/mol. The van der Waals surface area contributed by atoms with Crippen molar-refractivity contribution in [1.82, 2.24) is 10.6 Å². The number of hydrogen-bond acceptors (Lipinski definition) is 3. The maximum atomic E-state index is 12.0. The molecule has 0 saturated carbocycles. The highest BCUT2D eigenvalue weighted by molar-refractivity contribution is 5.94. The van der Waals surface area contributed by atoms with E-state index in [1.165, 1.54) is 0 Å². The van der Waals surface area contributed by atoms with Crippen molar-refractivity contribution in [3.8, 4) is 0 Å². The van der Waals surface area contributed by atoms with Crippen molar-refractivity contribution in [1.29, 1.82) is 0 Å². The van der Waals surface area contributed by atoms with Crippen LogP contribution in [0, 0.1) is 0 Å². The van der Waals surface area contributed by atoms with Gasteiger partial charge in [0.1, 0.15) is 0 Å². The third kappa shape index (κ3) is 5.43. The second kappa shape index (κ2) is 7.64. The normalized spacial score (nSPS) is 11.0. The van der Waals surface area contributed by atoms with Crippen LogP contribution in [0.25, 0.3) is 0 Å². The minimum Gasteiger partial charge on any atom is -0.352 e. The van der Waals surface area contributed by atoms with E-state index < -0.39 is 6.03 Å². The molecule has 1 rings (SSSR count). The fraction of sp³-hybridized carbons (Fsp3) is 0.467. The number of urea groups is 1. The molecule has 1 aromatic rings. The standard InChI is InChI=1S/C15H24N4O2/c1-3-15(17,4-2)10-19-13(20)12-7-5-11(6-8-12)9-18-14(16)21/h5-8H,3-4,9-10,17H2,1-2H3,(H,19,20)(H3,16,18,21). The molecule has 0 aliphatic heterocycles. The Hall–Kier alpha value is -2.08. The van der Waals surface area contributed by atoms with Gasteiger partial charge < -0.3 is 22.1 Å². The zero-order valence-electron chi connectivity index (χ0n) is 12.6. The van der Waals surface area contributed by atoms with Crippen molar-refractivity contribution < 1.29 is 9.59 Å². The van der Waals surface area contributed by atoms with E-state index in [0.29, 0.717) is 18.7 Å². The first-order valence-corrected chi connectivity index (χ1v) is 7.09. The Balaban J connectivity index is 2.57. The van der Waals surface area contributed by atoms with E-state index >= 15 is 0 Å². The van der Waals surface area contributed by atoms with Crippen molar-refractivity contribution in [3.05, 3.63) is 35.4 Å². The van der Waals surface area contributed by atoms with Gasteiger partial charge in [-0.25, -0.2) is 4.79 Å². The fourth-order valence-corrected chi connectivity index (χ4v) is 1.82. The Bertz CT molecular complexity index is 481. The van der Waals surface area contributed by atoms with Crippen LogP contribution < -0.4 is 22.1 Å². The average Bonchev–Trinajstić information content (AvgIpc) is 2.50. The van der Waals surface area contributed by atoms with E-state index in [2.05, 4.69) is 10.6 Å². The molecule has 1 aromatic carbocycles. The lowest BCUT2D eigenvalue weighted by Crippen LogP contribution is -2.49. The molecule has 0 fully saturated rings. The number of benzene rings is 1. The molecular formula is C15H24N4O2. The molecule has 0 aromatic heterocycles. The van der Waals surface area contributed by atoms with Crippen LogP contribution in [0.3, 0.4) is 0 Å². The van der Waals surface area contributed by atoms with E-state index in [1.54, 1.807) is 24.3 Å². The van der Waals surface area contributed by atoms with Crippen molar-refractivity contribution in [3.63, 3.8) is 0 Å². The smallest absolute Gasteiger partial charge is 0.312 e. The summed E-state index contributed by atoms with van der Waals surface area (Å²) in [6, 6.07) is 6.41. The van der Waals surface area contributed by atoms with Crippen LogP contribution in [0.1, 0.15) is 42.6 Å². The van der Waals surface area contributed by atoms with Gasteiger partial charge in [0.15, 0.2) is 0 Å². The van der Waals surface area contributed by atoms with Gasteiger partial charge in [-0.15, -0.1) is 0 Å². The third-order valence-corrected chi connectivity index (χ3v) is 3.69. The van der Waals surface area contributed by atoms with Crippen LogP contribution in [-0.4, -0.2) is 24.0 Å². The van der Waals surface area contributed by atoms with Gasteiger partial charge >= 0.3 is 6.03 Å². The summed E-state index contributed by atoms with van der Waals surface area (Å²) in [6.07, 6.45) is 1.61. The van der Waals surface area contributed by atoms with Gasteiger partial charge in [-0.3, -0.25) is 4.79 Å². The molecule has 0 radical (unpaired) electrons. The highest BCUT2D eigenvalue weighted by Gasteiger charge is 2.21. The second-order valence-corrected chi connectivity index (χ2v) is 5.17. The zero-order chi connectivity index (χ0) is 15.9. The molecule has 116 valence electrons. The Labute approximate surface area is 125 Å². The molecule has 0 aliphatic rings. The number of primary amides is 1. The summed E-state index contributed by atoms with van der Waals surface area (Å²) in [6.45, 7) is 4.81. The topological polar surface area (TPSA) is 110 Å². The largest absolute Gasteiger partial charge is 0.352 e. The first-order chi connectivity index (χ1) is 9.90. The molecule has 0 saturated heterocycles. The first-order valence-electron chi connectivity index (χ1n) is 7.09. The molecule has 0 bridgehead atoms. The summed E-state index contributed by atoms with van der Waals surface area (Å²) in [5.74, 6) is -0.152. The lowest BCUT2D eigenvalue weighted by molar-refractivity contribution is 0.0942. The van der Waals surface area contributed by atoms with Crippen LogP contribution in [0.2, 0.25) is 0 Å². The SMILES string of the molecule is CCC(N)(CC)CNC(=O)c1ccc(CNC(N)=O)cc1. The Morgan fingerprint density at radius 3 is 2.14 bits per heavy atom. The number of carbonyl (C=O) groups is 2. The Kier molecular flexibility index (Phi) is 6.17. The number of hydrogen-bond donors (Lipinski definition) is 4. The van der Waals surface area contributed by atoms with Crippen LogP contribution in [0.15, 0.2) is 24.3 Å². The van der Waals surface area contributed by atoms with E-state index in [-0.39, 0.29) is 11.4 Å². The second-order valence-electron chi connectivity index (χ2n) is 5.17. The molecule has 6 nitrogen and oxygen atoms in total. The van der Waals surface area contributed by atoms with Crippen LogP contribution in [0.4, 0.5) is 4.79 Å². The number of rotatable bonds is 7. The number of carbonyl (C=O) groups excluding carboxylic acids is 2. The van der Waals surface area contributed by atoms with E-state index in [0.717, 1.165) is 18.4 Å². The Morgan fingerprint density at radius 1 is 1.10 bits per heavy atom. The highest BCUT2D eigenvalue weighted by atomic mass is 16.2. The molecule has 21 heavy (non-hydrogen) atoms. The molecule has 0 unspecified atom stereocenters. The van der Waals surface area contributed by atoms with Gasteiger partial charge in [0, 0.05) is 24.2 Å². The molecular weight excluding hydrogens is 268 g/mol. The van der Waals surface area contributed by atoms with Crippen LogP contribution in [0.5, 0.6) is 0 Å². The van der Waals surface area contributed by atoms with Gasteiger partial charge in [0.25, 0.3) is 5.91 Å².